The molecule has 1 atom stereocenters. The van der Waals surface area contributed by atoms with E-state index in [0.29, 0.717) is 0 Å². The highest BCUT2D eigenvalue weighted by molar-refractivity contribution is 5.89. The molecule has 3 rings (SSSR count). The number of nitrogens with one attached hydrogen (secondary N) is 1. The minimum absolute atomic E-state index is 0.244. The number of hydrogen-bond donors (Lipinski definition) is 2. The molecule has 0 saturated carbocycles. The maximum atomic E-state index is 12.6. The average molecular weight is 363 g/mol. The van der Waals surface area contributed by atoms with E-state index in [-0.39, 0.29) is 6.42 Å². The smallest absolute Gasteiger partial charge is 0.405 e. The Balaban J connectivity index is 1.65. The highest BCUT2D eigenvalue weighted by atomic mass is 16.6. The predicted octanol–water partition coefficient (Wildman–Crippen LogP) is 2.86. The summed E-state index contributed by atoms with van der Waals surface area (Å²) in [5, 5.41) is 0. The lowest BCUT2D eigenvalue weighted by molar-refractivity contribution is -0.125. The van der Waals surface area contributed by atoms with Gasteiger partial charge in [0.2, 0.25) is 0 Å². The Bertz CT molecular complexity index is 891. The quantitative estimate of drug-likeness (QED) is 0.677. The lowest BCUT2D eigenvalue weighted by Crippen LogP contribution is -2.38. The molecule has 2 amide bonds. The van der Waals surface area contributed by atoms with Crippen molar-refractivity contribution in [2.45, 2.75) is 18.9 Å². The molecule has 3 aromatic rings. The van der Waals surface area contributed by atoms with Gasteiger partial charge in [0.15, 0.2) is 6.10 Å². The summed E-state index contributed by atoms with van der Waals surface area (Å²) in [5.74, 6) is -0.445. The number of primary amides is 1. The van der Waals surface area contributed by atoms with Gasteiger partial charge in [-0.3, -0.25) is 14.9 Å². The molecule has 27 heavy (non-hydrogen) atoms. The largest absolute Gasteiger partial charge is 0.436 e. The second kappa shape index (κ2) is 8.71. The van der Waals surface area contributed by atoms with Crippen molar-refractivity contribution in [2.75, 3.05) is 5.43 Å². The third-order valence-electron chi connectivity index (χ3n) is 4.06. The van der Waals surface area contributed by atoms with E-state index >= 15 is 0 Å². The Hall–Kier alpha value is -3.54. The van der Waals surface area contributed by atoms with E-state index < -0.39 is 18.1 Å². The molecule has 1 unspecified atom stereocenters. The van der Waals surface area contributed by atoms with Gasteiger partial charge >= 0.3 is 6.09 Å². The molecule has 138 valence electrons. The first kappa shape index (κ1) is 18.3. The van der Waals surface area contributed by atoms with E-state index in [1.54, 1.807) is 10.9 Å². The molecule has 0 aliphatic rings. The standard InChI is InChI=1S/C21H21N3O3/c22-21(26)27-19(14-17-9-5-2-6-10-17)20(25)23-24-12-11-18(15-24)13-16-7-3-1-4-8-16/h1-12,15,19H,13-14H2,(H2,22,26)(H,23,25). The lowest BCUT2D eigenvalue weighted by Gasteiger charge is -2.17. The molecule has 0 spiro atoms. The van der Waals surface area contributed by atoms with Gasteiger partial charge in [-0.2, -0.15) is 0 Å². The monoisotopic (exact) mass is 363 g/mol. The van der Waals surface area contributed by atoms with Crippen LogP contribution in [0, 0.1) is 0 Å². The molecule has 0 fully saturated rings. The molecule has 2 aromatic carbocycles. The van der Waals surface area contributed by atoms with Crippen LogP contribution in [0.2, 0.25) is 0 Å². The number of ether oxygens (including phenoxy) is 1. The fourth-order valence-corrected chi connectivity index (χ4v) is 2.80. The molecule has 3 N–H and O–H groups in total. The fourth-order valence-electron chi connectivity index (χ4n) is 2.80. The van der Waals surface area contributed by atoms with Crippen LogP contribution in [0.5, 0.6) is 0 Å². The number of rotatable bonds is 7. The van der Waals surface area contributed by atoms with E-state index in [0.717, 1.165) is 17.5 Å². The van der Waals surface area contributed by atoms with Crippen molar-refractivity contribution >= 4 is 12.0 Å². The van der Waals surface area contributed by atoms with Crippen LogP contribution in [-0.4, -0.2) is 22.8 Å². The van der Waals surface area contributed by atoms with Crippen LogP contribution in [0.1, 0.15) is 16.7 Å². The van der Waals surface area contributed by atoms with E-state index in [4.69, 9.17) is 10.5 Å². The Morgan fingerprint density at radius 2 is 1.56 bits per heavy atom. The molecule has 1 heterocycles. The second-order valence-electron chi connectivity index (χ2n) is 6.18. The van der Waals surface area contributed by atoms with Crippen molar-refractivity contribution in [1.82, 2.24) is 4.68 Å². The van der Waals surface area contributed by atoms with Crippen molar-refractivity contribution < 1.29 is 14.3 Å². The third-order valence-corrected chi connectivity index (χ3v) is 4.06. The molecule has 6 nitrogen and oxygen atoms in total. The zero-order valence-corrected chi connectivity index (χ0v) is 14.7. The Labute approximate surface area is 157 Å². The zero-order valence-electron chi connectivity index (χ0n) is 14.7. The molecule has 6 heteroatoms. The maximum Gasteiger partial charge on any atom is 0.405 e. The van der Waals surface area contributed by atoms with Crippen molar-refractivity contribution in [2.24, 2.45) is 5.73 Å². The predicted molar refractivity (Wildman–Crippen MR) is 103 cm³/mol. The lowest BCUT2D eigenvalue weighted by atomic mass is 10.1. The number of amides is 2. The summed E-state index contributed by atoms with van der Waals surface area (Å²) in [6, 6.07) is 21.3. The molecule has 0 aliphatic heterocycles. The third kappa shape index (κ3) is 5.47. The zero-order chi connectivity index (χ0) is 19.1. The SMILES string of the molecule is NC(=O)OC(Cc1ccccc1)C(=O)Nn1ccc(Cc2ccccc2)c1. The maximum absolute atomic E-state index is 12.6. The molecule has 1 aromatic heterocycles. The van der Waals surface area contributed by atoms with Crippen molar-refractivity contribution in [3.63, 3.8) is 0 Å². The number of hydrogen-bond acceptors (Lipinski definition) is 3. The van der Waals surface area contributed by atoms with E-state index in [2.05, 4.69) is 5.43 Å². The van der Waals surface area contributed by atoms with Gasteiger partial charge in [0.1, 0.15) is 0 Å². The first-order valence-electron chi connectivity index (χ1n) is 8.62. The van der Waals surface area contributed by atoms with E-state index in [9.17, 15) is 9.59 Å². The highest BCUT2D eigenvalue weighted by Gasteiger charge is 2.22. The van der Waals surface area contributed by atoms with Crippen LogP contribution in [0.25, 0.3) is 0 Å². The summed E-state index contributed by atoms with van der Waals surface area (Å²) in [4.78, 5) is 23.7. The molecular weight excluding hydrogens is 342 g/mol. The van der Waals surface area contributed by atoms with Gasteiger partial charge in [-0.25, -0.2) is 4.79 Å². The van der Waals surface area contributed by atoms with E-state index in [1.165, 1.54) is 5.56 Å². The van der Waals surface area contributed by atoms with Crippen LogP contribution < -0.4 is 11.2 Å². The second-order valence-corrected chi connectivity index (χ2v) is 6.18. The van der Waals surface area contributed by atoms with E-state index in [1.807, 2.05) is 72.9 Å². The molecule has 0 radical (unpaired) electrons. The van der Waals surface area contributed by atoms with Gasteiger partial charge in [-0.15, -0.1) is 0 Å². The minimum atomic E-state index is -1.01. The summed E-state index contributed by atoms with van der Waals surface area (Å²) in [6.07, 6.45) is 2.59. The topological polar surface area (TPSA) is 86.4 Å². The van der Waals surface area contributed by atoms with Crippen LogP contribution in [0.15, 0.2) is 79.1 Å². The van der Waals surface area contributed by atoms with Gasteiger partial charge in [-0.05, 0) is 29.2 Å². The van der Waals surface area contributed by atoms with Crippen LogP contribution >= 0.6 is 0 Å². The first-order chi connectivity index (χ1) is 13.1. The Morgan fingerprint density at radius 1 is 0.926 bits per heavy atom. The number of aromatic nitrogens is 1. The van der Waals surface area contributed by atoms with Crippen LogP contribution in [-0.2, 0) is 22.4 Å². The minimum Gasteiger partial charge on any atom is -0.436 e. The van der Waals surface area contributed by atoms with Crippen molar-refractivity contribution in [1.29, 1.82) is 0 Å². The molecule has 0 bridgehead atoms. The molecule has 0 saturated heterocycles. The summed E-state index contributed by atoms with van der Waals surface area (Å²) >= 11 is 0. The number of carbonyl (C=O) groups excluding carboxylic acids is 2. The summed E-state index contributed by atoms with van der Waals surface area (Å²) < 4.78 is 6.56. The van der Waals surface area contributed by atoms with Gasteiger partial charge in [-0.1, -0.05) is 60.7 Å². The number of nitrogens with two attached hydrogens (primary N) is 1. The number of nitrogens with zero attached hydrogens (tertiary/aromatic N) is 1. The number of benzene rings is 2. The average Bonchev–Trinajstić information content (AvgIpc) is 3.09. The summed E-state index contributed by atoms with van der Waals surface area (Å²) in [6.45, 7) is 0. The van der Waals surface area contributed by atoms with Gasteiger partial charge in [0.25, 0.3) is 5.91 Å². The summed E-state index contributed by atoms with van der Waals surface area (Å²) in [5.41, 5.74) is 10.9. The van der Waals surface area contributed by atoms with Gasteiger partial charge < -0.3 is 10.5 Å². The molecular formula is C21H21N3O3. The summed E-state index contributed by atoms with van der Waals surface area (Å²) in [7, 11) is 0. The fraction of sp³-hybridized carbons (Fsp3) is 0.143. The first-order valence-corrected chi connectivity index (χ1v) is 8.62. The van der Waals surface area contributed by atoms with Crippen molar-refractivity contribution in [3.8, 4) is 0 Å². The van der Waals surface area contributed by atoms with Gasteiger partial charge in [0, 0.05) is 18.8 Å². The highest BCUT2D eigenvalue weighted by Crippen LogP contribution is 2.10. The van der Waals surface area contributed by atoms with Gasteiger partial charge in [0.05, 0.1) is 0 Å². The Morgan fingerprint density at radius 3 is 2.19 bits per heavy atom. The van der Waals surface area contributed by atoms with Crippen molar-refractivity contribution in [3.05, 3.63) is 95.8 Å². The Kier molecular flexibility index (Phi) is 5.89. The van der Waals surface area contributed by atoms with Crippen LogP contribution in [0.4, 0.5) is 4.79 Å². The molecule has 0 aliphatic carbocycles. The number of carbonyl (C=O) groups is 2. The van der Waals surface area contributed by atoms with Crippen LogP contribution in [0.3, 0.4) is 0 Å². The normalized spacial score (nSPS) is 11.6.